The summed E-state index contributed by atoms with van der Waals surface area (Å²) in [6.07, 6.45) is 20.2. The lowest BCUT2D eigenvalue weighted by molar-refractivity contribution is 0.129. The molecule has 6 nitrogen and oxygen atoms in total. The minimum atomic E-state index is 0.146. The van der Waals surface area contributed by atoms with Crippen LogP contribution in [0.3, 0.4) is 0 Å². The summed E-state index contributed by atoms with van der Waals surface area (Å²) in [5.41, 5.74) is 0. The zero-order valence-electron chi connectivity index (χ0n) is 17.0. The zero-order chi connectivity index (χ0) is 19.0. The molecular weight excluding hydrogens is 352 g/mol. The average Bonchev–Trinajstić information content (AvgIpc) is 3.43. The summed E-state index contributed by atoms with van der Waals surface area (Å²) in [5, 5.41) is 13.1. The van der Waals surface area contributed by atoms with E-state index in [1.807, 2.05) is 6.07 Å². The number of aromatic nitrogens is 2. The van der Waals surface area contributed by atoms with Crippen molar-refractivity contribution in [3.05, 3.63) is 30.4 Å². The molecule has 3 heterocycles. The van der Waals surface area contributed by atoms with Crippen molar-refractivity contribution >= 4 is 5.82 Å². The Labute approximate surface area is 168 Å². The van der Waals surface area contributed by atoms with Crippen LogP contribution in [0.25, 0.3) is 0 Å². The molecule has 154 valence electrons. The topological polar surface area (TPSA) is 58.5 Å². The molecule has 1 aliphatic carbocycles. The van der Waals surface area contributed by atoms with Gasteiger partial charge in [-0.05, 0) is 37.8 Å². The fourth-order valence-corrected chi connectivity index (χ4v) is 4.94. The Balaban J connectivity index is 1.68. The molecule has 1 saturated heterocycles. The summed E-state index contributed by atoms with van der Waals surface area (Å²) in [5.74, 6) is 1.82. The third-order valence-electron chi connectivity index (χ3n) is 6.39. The van der Waals surface area contributed by atoms with Crippen LogP contribution >= 0.6 is 0 Å². The second-order valence-corrected chi connectivity index (χ2v) is 8.36. The molecule has 28 heavy (non-hydrogen) atoms. The van der Waals surface area contributed by atoms with E-state index in [0.29, 0.717) is 6.04 Å². The van der Waals surface area contributed by atoms with Gasteiger partial charge >= 0.3 is 0 Å². The summed E-state index contributed by atoms with van der Waals surface area (Å²) in [4.78, 5) is 0. The van der Waals surface area contributed by atoms with Gasteiger partial charge in [-0.2, -0.15) is 0 Å². The van der Waals surface area contributed by atoms with Gasteiger partial charge in [-0.1, -0.05) is 62.9 Å². The van der Waals surface area contributed by atoms with Crippen molar-refractivity contribution in [1.29, 1.82) is 0 Å². The number of anilines is 1. The summed E-state index contributed by atoms with van der Waals surface area (Å²) >= 11 is 0. The third kappa shape index (κ3) is 4.77. The maximum atomic E-state index is 5.89. The molecule has 0 bridgehead atoms. The molecule has 2 aromatic rings. The number of hydrazine groups is 1. The second kappa shape index (κ2) is 10.1. The van der Waals surface area contributed by atoms with E-state index in [1.54, 1.807) is 12.5 Å². The van der Waals surface area contributed by atoms with Gasteiger partial charge in [-0.25, -0.2) is 5.01 Å². The molecule has 0 spiro atoms. The average molecular weight is 387 g/mol. The summed E-state index contributed by atoms with van der Waals surface area (Å²) in [6, 6.07) is 4.79. The van der Waals surface area contributed by atoms with Crippen LogP contribution in [0.1, 0.15) is 95.3 Å². The van der Waals surface area contributed by atoms with Crippen LogP contribution in [-0.2, 0) is 0 Å². The highest BCUT2D eigenvalue weighted by molar-refractivity contribution is 5.36. The van der Waals surface area contributed by atoms with Crippen molar-refractivity contribution in [3.63, 3.8) is 0 Å². The van der Waals surface area contributed by atoms with Crippen LogP contribution < -0.4 is 5.01 Å². The highest BCUT2D eigenvalue weighted by Crippen LogP contribution is 2.36. The van der Waals surface area contributed by atoms with Crippen LogP contribution in [0.4, 0.5) is 5.82 Å². The van der Waals surface area contributed by atoms with Gasteiger partial charge in [0.05, 0.1) is 6.26 Å². The quantitative estimate of drug-likeness (QED) is 0.655. The van der Waals surface area contributed by atoms with E-state index in [0.717, 1.165) is 24.5 Å². The molecule has 1 aliphatic heterocycles. The molecule has 1 saturated carbocycles. The van der Waals surface area contributed by atoms with Crippen molar-refractivity contribution in [2.24, 2.45) is 0 Å². The van der Waals surface area contributed by atoms with Crippen LogP contribution in [0.2, 0.25) is 0 Å². The van der Waals surface area contributed by atoms with E-state index < -0.39 is 0 Å². The first-order valence-corrected chi connectivity index (χ1v) is 11.3. The van der Waals surface area contributed by atoms with Gasteiger partial charge in [0.1, 0.15) is 11.8 Å². The van der Waals surface area contributed by atoms with Crippen molar-refractivity contribution in [2.75, 3.05) is 11.6 Å². The van der Waals surface area contributed by atoms with E-state index in [9.17, 15) is 0 Å². The Morgan fingerprint density at radius 1 is 0.857 bits per heavy atom. The fraction of sp³-hybridized carbons (Fsp3) is 0.727. The fourth-order valence-electron chi connectivity index (χ4n) is 4.94. The Bertz CT molecular complexity index is 648. The summed E-state index contributed by atoms with van der Waals surface area (Å²) in [7, 11) is 0. The lowest BCUT2D eigenvalue weighted by Gasteiger charge is -2.43. The first-order valence-electron chi connectivity index (χ1n) is 11.3. The molecule has 0 aromatic carbocycles. The van der Waals surface area contributed by atoms with Crippen LogP contribution in [-0.4, -0.2) is 28.0 Å². The van der Waals surface area contributed by atoms with E-state index >= 15 is 0 Å². The van der Waals surface area contributed by atoms with Crippen LogP contribution in [0, 0.1) is 0 Å². The van der Waals surface area contributed by atoms with Crippen LogP contribution in [0.15, 0.2) is 33.6 Å². The van der Waals surface area contributed by atoms with E-state index in [-0.39, 0.29) is 6.04 Å². The summed E-state index contributed by atoms with van der Waals surface area (Å²) in [6.45, 7) is 1.06. The maximum Gasteiger partial charge on any atom is 0.207 e. The SMILES string of the molecule is c1coc(C2CCCCCCN(C3CCCCCCCC3)N2c2conn2)c1. The normalized spacial score (nSPS) is 24.6. The summed E-state index contributed by atoms with van der Waals surface area (Å²) < 4.78 is 11.1. The molecule has 0 N–H and O–H groups in total. The number of nitrogens with zero attached hydrogens (tertiary/aromatic N) is 4. The second-order valence-electron chi connectivity index (χ2n) is 8.36. The van der Waals surface area contributed by atoms with Gasteiger partial charge < -0.3 is 8.94 Å². The molecule has 0 radical (unpaired) electrons. The molecule has 0 amide bonds. The molecule has 4 rings (SSSR count). The van der Waals surface area contributed by atoms with Crippen molar-refractivity contribution < 1.29 is 8.94 Å². The standard InChI is InChI=1S/C22H34N4O2/c1-2-4-8-13-19(12-7-3-1)25-16-10-6-5-9-14-20(21-15-11-17-27-21)26(25)22-18-28-24-23-22/h11,15,17-20H,1-10,12-14,16H2. The Hall–Kier alpha value is -1.82. The first kappa shape index (κ1) is 19.5. The van der Waals surface area contributed by atoms with Gasteiger partial charge in [-0.15, -0.1) is 0 Å². The molecule has 2 aromatic heterocycles. The van der Waals surface area contributed by atoms with Gasteiger partial charge in [0.25, 0.3) is 0 Å². The minimum absolute atomic E-state index is 0.146. The molecule has 1 atom stereocenters. The van der Waals surface area contributed by atoms with Crippen molar-refractivity contribution in [3.8, 4) is 0 Å². The molecule has 1 unspecified atom stereocenters. The predicted molar refractivity (Wildman–Crippen MR) is 109 cm³/mol. The van der Waals surface area contributed by atoms with Crippen molar-refractivity contribution in [2.45, 2.75) is 95.6 Å². The van der Waals surface area contributed by atoms with E-state index in [2.05, 4.69) is 26.5 Å². The maximum absolute atomic E-state index is 5.89. The Kier molecular flexibility index (Phi) is 7.03. The van der Waals surface area contributed by atoms with E-state index in [4.69, 9.17) is 8.94 Å². The smallest absolute Gasteiger partial charge is 0.207 e. The highest BCUT2D eigenvalue weighted by atomic mass is 16.5. The van der Waals surface area contributed by atoms with E-state index in [1.165, 1.54) is 77.0 Å². The van der Waals surface area contributed by atoms with Crippen molar-refractivity contribution in [1.82, 2.24) is 15.4 Å². The highest BCUT2D eigenvalue weighted by Gasteiger charge is 2.34. The number of furan rings is 1. The molecule has 2 fully saturated rings. The Morgan fingerprint density at radius 2 is 1.57 bits per heavy atom. The molecular formula is C22H34N4O2. The minimum Gasteiger partial charge on any atom is -0.467 e. The zero-order valence-corrected chi connectivity index (χ0v) is 17.0. The number of rotatable bonds is 3. The predicted octanol–water partition coefficient (Wildman–Crippen LogP) is 5.89. The van der Waals surface area contributed by atoms with Gasteiger partial charge in [-0.3, -0.25) is 5.01 Å². The van der Waals surface area contributed by atoms with Crippen LogP contribution in [0.5, 0.6) is 0 Å². The Morgan fingerprint density at radius 3 is 2.25 bits per heavy atom. The monoisotopic (exact) mass is 386 g/mol. The third-order valence-corrected chi connectivity index (χ3v) is 6.39. The number of hydrogen-bond donors (Lipinski definition) is 0. The lowest BCUT2D eigenvalue weighted by atomic mass is 10.0. The molecule has 2 aliphatic rings. The largest absolute Gasteiger partial charge is 0.467 e. The van der Waals surface area contributed by atoms with Gasteiger partial charge in [0.2, 0.25) is 5.82 Å². The van der Waals surface area contributed by atoms with Gasteiger partial charge in [0.15, 0.2) is 6.26 Å². The lowest BCUT2D eigenvalue weighted by Crippen LogP contribution is -2.51. The number of hydrogen-bond acceptors (Lipinski definition) is 6. The molecule has 6 heteroatoms. The first-order chi connectivity index (χ1) is 13.9. The van der Waals surface area contributed by atoms with Gasteiger partial charge in [0, 0.05) is 17.9 Å².